The summed E-state index contributed by atoms with van der Waals surface area (Å²) < 4.78 is 33.3. The molecule has 1 aliphatic rings. The molecular weight excluding hydrogens is 432 g/mol. The van der Waals surface area contributed by atoms with Gasteiger partial charge in [0.2, 0.25) is 0 Å². The van der Waals surface area contributed by atoms with Crippen LogP contribution in [0.25, 0.3) is 0 Å². The van der Waals surface area contributed by atoms with Gasteiger partial charge in [0.25, 0.3) is 10.0 Å². The molecule has 5 nitrogen and oxygen atoms in total. The monoisotopic (exact) mass is 456 g/mol. The highest BCUT2D eigenvalue weighted by atomic mass is 32.2. The molecule has 5 rings (SSSR count). The minimum absolute atomic E-state index is 0.200. The van der Waals surface area contributed by atoms with Crippen molar-refractivity contribution in [3.8, 4) is 5.75 Å². The number of fused-ring (bicyclic) bond motifs is 1. The van der Waals surface area contributed by atoms with Crippen molar-refractivity contribution in [3.63, 3.8) is 0 Å². The zero-order valence-corrected chi connectivity index (χ0v) is 18.9. The van der Waals surface area contributed by atoms with Gasteiger partial charge < -0.3 is 4.74 Å². The van der Waals surface area contributed by atoms with Gasteiger partial charge in [0.1, 0.15) is 5.75 Å². The summed E-state index contributed by atoms with van der Waals surface area (Å²) in [6.07, 6.45) is -0.661. The Bertz CT molecular complexity index is 1340. The molecule has 1 N–H and O–H groups in total. The molecule has 4 aromatic carbocycles. The van der Waals surface area contributed by atoms with Crippen LogP contribution in [0.4, 0.5) is 0 Å². The Morgan fingerprint density at radius 1 is 0.727 bits per heavy atom. The van der Waals surface area contributed by atoms with Gasteiger partial charge in [0, 0.05) is 11.1 Å². The highest BCUT2D eigenvalue weighted by Gasteiger charge is 2.40. The second-order valence-electron chi connectivity index (χ2n) is 8.05. The van der Waals surface area contributed by atoms with E-state index in [-0.39, 0.29) is 10.9 Å². The molecule has 0 fully saturated rings. The third kappa shape index (κ3) is 4.28. The lowest BCUT2D eigenvalue weighted by molar-refractivity contribution is -0.0368. The molecule has 33 heavy (non-hydrogen) atoms. The minimum Gasteiger partial charge on any atom is -0.469 e. The summed E-state index contributed by atoms with van der Waals surface area (Å²) in [4.78, 5) is 3.05. The van der Waals surface area contributed by atoms with E-state index in [1.54, 1.807) is 29.3 Å². The number of nitrogens with one attached hydrogen (secondary N) is 1. The van der Waals surface area contributed by atoms with Crippen molar-refractivity contribution < 1.29 is 13.2 Å². The van der Waals surface area contributed by atoms with Crippen molar-refractivity contribution in [3.05, 3.63) is 131 Å². The van der Waals surface area contributed by atoms with Gasteiger partial charge in [0.15, 0.2) is 6.23 Å². The summed E-state index contributed by atoms with van der Waals surface area (Å²) in [5.41, 5.74) is 3.69. The molecule has 4 aromatic rings. The Morgan fingerprint density at radius 3 is 1.97 bits per heavy atom. The summed E-state index contributed by atoms with van der Waals surface area (Å²) in [5.74, 6) is 0.728. The number of para-hydroxylation sites is 1. The van der Waals surface area contributed by atoms with Crippen molar-refractivity contribution in [1.29, 1.82) is 0 Å². The summed E-state index contributed by atoms with van der Waals surface area (Å²) >= 11 is 0. The van der Waals surface area contributed by atoms with Crippen molar-refractivity contribution in [1.82, 2.24) is 9.84 Å². The lowest BCUT2D eigenvalue weighted by Crippen LogP contribution is -2.50. The normalized spacial score (nSPS) is 18.3. The summed E-state index contributed by atoms with van der Waals surface area (Å²) in [7, 11) is -3.87. The molecule has 0 aliphatic carbocycles. The maximum Gasteiger partial charge on any atom is 0.253 e. The standard InChI is InChI=1S/C27H24N2O3S/c1-20-16-18-23(19-17-20)33(30,31)28-29-26(21-10-4-2-5-11-21)24-14-8-9-15-25(24)32-27(29)22-12-6-3-7-13-22/h2-19,26-28H,1H3/t26-,27?/m0/s1. The number of hydrogen-bond acceptors (Lipinski definition) is 4. The third-order valence-corrected chi connectivity index (χ3v) is 7.08. The number of rotatable bonds is 5. The van der Waals surface area contributed by atoms with Crippen LogP contribution in [0.1, 0.15) is 34.5 Å². The van der Waals surface area contributed by atoms with Crippen molar-refractivity contribution in [2.24, 2.45) is 0 Å². The highest BCUT2D eigenvalue weighted by Crippen LogP contribution is 2.44. The van der Waals surface area contributed by atoms with E-state index in [1.165, 1.54) is 0 Å². The number of hydrazine groups is 1. The predicted octanol–water partition coefficient (Wildman–Crippen LogP) is 5.37. The smallest absolute Gasteiger partial charge is 0.253 e. The molecule has 0 aromatic heterocycles. The summed E-state index contributed by atoms with van der Waals surface area (Å²) in [5, 5.41) is 1.70. The van der Waals surface area contributed by atoms with Gasteiger partial charge in [-0.15, -0.1) is 4.83 Å². The van der Waals surface area contributed by atoms with Gasteiger partial charge in [-0.25, -0.2) is 8.42 Å². The third-order valence-electron chi connectivity index (χ3n) is 5.74. The number of ether oxygens (including phenoxy) is 1. The fourth-order valence-corrected chi connectivity index (χ4v) is 5.19. The quantitative estimate of drug-likeness (QED) is 0.439. The van der Waals surface area contributed by atoms with Gasteiger partial charge in [-0.3, -0.25) is 0 Å². The molecule has 0 amide bonds. The zero-order chi connectivity index (χ0) is 22.8. The number of sulfonamides is 1. The summed E-state index contributed by atoms with van der Waals surface area (Å²) in [6.45, 7) is 1.93. The van der Waals surface area contributed by atoms with Crippen molar-refractivity contribution >= 4 is 10.0 Å². The molecule has 0 bridgehead atoms. The Hall–Kier alpha value is -3.45. The second kappa shape index (κ2) is 8.83. The molecule has 0 radical (unpaired) electrons. The maximum absolute atomic E-state index is 13.5. The molecule has 0 spiro atoms. The van der Waals surface area contributed by atoms with Gasteiger partial charge >= 0.3 is 0 Å². The van der Waals surface area contributed by atoms with E-state index in [1.807, 2.05) is 91.9 Å². The van der Waals surface area contributed by atoms with E-state index >= 15 is 0 Å². The van der Waals surface area contributed by atoms with E-state index in [0.29, 0.717) is 0 Å². The second-order valence-corrected chi connectivity index (χ2v) is 9.71. The van der Waals surface area contributed by atoms with Crippen LogP contribution in [0.15, 0.2) is 114 Å². The first-order valence-corrected chi connectivity index (χ1v) is 12.2. The fourth-order valence-electron chi connectivity index (χ4n) is 4.11. The SMILES string of the molecule is Cc1ccc(S(=O)(=O)NN2C(c3ccccc3)Oc3ccccc3[C@@H]2c2ccccc2)cc1. The first-order chi connectivity index (χ1) is 16.0. The van der Waals surface area contributed by atoms with E-state index < -0.39 is 16.3 Å². The van der Waals surface area contributed by atoms with E-state index in [4.69, 9.17) is 4.74 Å². The highest BCUT2D eigenvalue weighted by molar-refractivity contribution is 7.89. The average Bonchev–Trinajstić information content (AvgIpc) is 2.85. The number of nitrogens with zero attached hydrogens (tertiary/aromatic N) is 1. The molecule has 2 atom stereocenters. The van der Waals surface area contributed by atoms with Crippen LogP contribution in [-0.2, 0) is 10.0 Å². The molecule has 6 heteroatoms. The van der Waals surface area contributed by atoms with Crippen LogP contribution in [0, 0.1) is 6.92 Å². The fraction of sp³-hybridized carbons (Fsp3) is 0.111. The van der Waals surface area contributed by atoms with Gasteiger partial charge in [0.05, 0.1) is 10.9 Å². The Labute approximate surface area is 194 Å². The minimum atomic E-state index is -3.87. The van der Waals surface area contributed by atoms with Crippen molar-refractivity contribution in [2.75, 3.05) is 0 Å². The average molecular weight is 457 g/mol. The van der Waals surface area contributed by atoms with Gasteiger partial charge in [-0.1, -0.05) is 96.6 Å². The summed E-state index contributed by atoms with van der Waals surface area (Å²) in [6, 6.07) is 33.7. The van der Waals surface area contributed by atoms with E-state index in [2.05, 4.69) is 4.83 Å². The van der Waals surface area contributed by atoms with Crippen LogP contribution in [-0.4, -0.2) is 13.4 Å². The van der Waals surface area contributed by atoms with Crippen LogP contribution in [0.2, 0.25) is 0 Å². The molecule has 1 aliphatic heterocycles. The molecule has 0 saturated heterocycles. The van der Waals surface area contributed by atoms with Gasteiger partial charge in [-0.05, 0) is 30.7 Å². The molecule has 1 heterocycles. The predicted molar refractivity (Wildman–Crippen MR) is 128 cm³/mol. The number of aryl methyl sites for hydroxylation is 1. The maximum atomic E-state index is 13.5. The van der Waals surface area contributed by atoms with Crippen LogP contribution in [0.5, 0.6) is 5.75 Å². The number of hydrogen-bond donors (Lipinski definition) is 1. The van der Waals surface area contributed by atoms with Crippen molar-refractivity contribution in [2.45, 2.75) is 24.1 Å². The van der Waals surface area contributed by atoms with Crippen LogP contribution in [0.3, 0.4) is 0 Å². The topological polar surface area (TPSA) is 58.6 Å². The van der Waals surface area contributed by atoms with Gasteiger partial charge in [-0.2, -0.15) is 5.01 Å². The lowest BCUT2D eigenvalue weighted by Gasteiger charge is -2.42. The first-order valence-electron chi connectivity index (χ1n) is 10.8. The first kappa shape index (κ1) is 21.4. The van der Waals surface area contributed by atoms with Crippen LogP contribution < -0.4 is 9.57 Å². The largest absolute Gasteiger partial charge is 0.469 e. The Kier molecular flexibility index (Phi) is 5.72. The number of benzene rings is 4. The Balaban J connectivity index is 1.66. The molecule has 166 valence electrons. The lowest BCUT2D eigenvalue weighted by atomic mass is 9.95. The molecular formula is C27H24N2O3S. The zero-order valence-electron chi connectivity index (χ0n) is 18.1. The Morgan fingerprint density at radius 2 is 1.30 bits per heavy atom. The molecule has 0 saturated carbocycles. The van der Waals surface area contributed by atoms with Crippen LogP contribution >= 0.6 is 0 Å². The van der Waals surface area contributed by atoms with E-state index in [0.717, 1.165) is 28.0 Å². The molecule has 1 unspecified atom stereocenters. The van der Waals surface area contributed by atoms with E-state index in [9.17, 15) is 8.42 Å².